The van der Waals surface area contributed by atoms with Gasteiger partial charge in [0.05, 0.1) is 11.5 Å². The second-order valence-electron chi connectivity index (χ2n) is 6.93. The molecule has 1 aliphatic heterocycles. The van der Waals surface area contributed by atoms with Crippen molar-refractivity contribution < 1.29 is 14.5 Å². The molecule has 1 heterocycles. The van der Waals surface area contributed by atoms with Crippen LogP contribution in [0.2, 0.25) is 0 Å². The Labute approximate surface area is 164 Å². The number of nitrogens with zero attached hydrogens (tertiary/aromatic N) is 3. The maximum atomic E-state index is 12.8. The topological polar surface area (TPSA) is 75.9 Å². The predicted molar refractivity (Wildman–Crippen MR) is 107 cm³/mol. The highest BCUT2D eigenvalue weighted by molar-refractivity contribution is 5.95. The Kier molecular flexibility index (Phi) is 6.26. The van der Waals surface area contributed by atoms with Gasteiger partial charge in [-0.3, -0.25) is 19.8 Å². The summed E-state index contributed by atoms with van der Waals surface area (Å²) >= 11 is 0. The van der Waals surface area contributed by atoms with Crippen molar-refractivity contribution in [2.75, 3.05) is 32.8 Å². The van der Waals surface area contributed by atoms with Gasteiger partial charge in [0, 0.05) is 44.4 Å². The monoisotopic (exact) mass is 383 g/mol. The van der Waals surface area contributed by atoms with Crippen LogP contribution in [0.5, 0.6) is 5.75 Å². The van der Waals surface area contributed by atoms with Crippen molar-refractivity contribution in [2.45, 2.75) is 20.4 Å². The van der Waals surface area contributed by atoms with E-state index in [1.165, 1.54) is 23.3 Å². The minimum atomic E-state index is -0.512. The second-order valence-corrected chi connectivity index (χ2v) is 6.93. The average molecular weight is 383 g/mol. The number of nitro groups is 1. The van der Waals surface area contributed by atoms with Crippen LogP contribution in [0.4, 0.5) is 5.69 Å². The number of ether oxygens (including phenoxy) is 1. The number of hydrogen-bond donors (Lipinski definition) is 0. The molecule has 148 valence electrons. The molecule has 1 amide bonds. The summed E-state index contributed by atoms with van der Waals surface area (Å²) in [7, 11) is 0. The quantitative estimate of drug-likeness (QED) is 0.565. The van der Waals surface area contributed by atoms with Gasteiger partial charge in [-0.05, 0) is 31.5 Å². The van der Waals surface area contributed by atoms with Gasteiger partial charge in [0.2, 0.25) is 0 Å². The van der Waals surface area contributed by atoms with Gasteiger partial charge in [-0.1, -0.05) is 29.8 Å². The summed E-state index contributed by atoms with van der Waals surface area (Å²) in [5.41, 5.74) is 2.65. The van der Waals surface area contributed by atoms with Crippen LogP contribution >= 0.6 is 0 Å². The summed E-state index contributed by atoms with van der Waals surface area (Å²) in [5, 5.41) is 11.3. The SMILES string of the molecule is CCOc1ccc(C(=O)N2CCN(Cc3cccc(C)c3)CC2)cc1[N+](=O)[O-]. The molecule has 0 N–H and O–H groups in total. The molecule has 0 atom stereocenters. The van der Waals surface area contributed by atoms with E-state index in [4.69, 9.17) is 4.74 Å². The van der Waals surface area contributed by atoms with Gasteiger partial charge < -0.3 is 9.64 Å². The van der Waals surface area contributed by atoms with Gasteiger partial charge in [0.1, 0.15) is 0 Å². The average Bonchev–Trinajstić information content (AvgIpc) is 2.68. The summed E-state index contributed by atoms with van der Waals surface area (Å²) < 4.78 is 5.28. The largest absolute Gasteiger partial charge is 0.487 e. The van der Waals surface area contributed by atoms with E-state index < -0.39 is 4.92 Å². The lowest BCUT2D eigenvalue weighted by molar-refractivity contribution is -0.385. The third kappa shape index (κ3) is 4.67. The van der Waals surface area contributed by atoms with E-state index in [0.29, 0.717) is 25.3 Å². The van der Waals surface area contributed by atoms with Crippen molar-refractivity contribution in [3.63, 3.8) is 0 Å². The molecule has 0 radical (unpaired) electrons. The molecular weight excluding hydrogens is 358 g/mol. The summed E-state index contributed by atoms with van der Waals surface area (Å²) in [6, 6.07) is 12.8. The standard InChI is InChI=1S/C21H25N3O4/c1-3-28-20-8-7-18(14-19(20)24(26)27)21(25)23-11-9-22(10-12-23)15-17-6-4-5-16(2)13-17/h4-8,13-14H,3,9-12,15H2,1-2H3. The van der Waals surface area contributed by atoms with Crippen molar-refractivity contribution in [1.29, 1.82) is 0 Å². The molecule has 0 aromatic heterocycles. The van der Waals surface area contributed by atoms with Crippen LogP contribution in [0.3, 0.4) is 0 Å². The Morgan fingerprint density at radius 3 is 2.54 bits per heavy atom. The molecule has 2 aromatic rings. The number of benzene rings is 2. The van der Waals surface area contributed by atoms with E-state index in [1.807, 2.05) is 0 Å². The highest BCUT2D eigenvalue weighted by Gasteiger charge is 2.25. The minimum Gasteiger partial charge on any atom is -0.487 e. The number of amides is 1. The van der Waals surface area contributed by atoms with Crippen LogP contribution in [-0.4, -0.2) is 53.4 Å². The molecule has 1 fully saturated rings. The summed E-state index contributed by atoms with van der Waals surface area (Å²) in [6.45, 7) is 7.79. The van der Waals surface area contributed by atoms with Crippen LogP contribution in [0.25, 0.3) is 0 Å². The van der Waals surface area contributed by atoms with E-state index >= 15 is 0 Å². The highest BCUT2D eigenvalue weighted by Crippen LogP contribution is 2.28. The first kappa shape index (κ1) is 19.8. The molecule has 1 aliphatic rings. The number of aryl methyl sites for hydroxylation is 1. The minimum absolute atomic E-state index is 0.175. The van der Waals surface area contributed by atoms with Crippen molar-refractivity contribution in [3.8, 4) is 5.75 Å². The van der Waals surface area contributed by atoms with Gasteiger partial charge >= 0.3 is 5.69 Å². The van der Waals surface area contributed by atoms with Crippen LogP contribution in [0, 0.1) is 17.0 Å². The Morgan fingerprint density at radius 2 is 1.89 bits per heavy atom. The zero-order valence-corrected chi connectivity index (χ0v) is 16.3. The van der Waals surface area contributed by atoms with Crippen LogP contribution in [0.1, 0.15) is 28.4 Å². The van der Waals surface area contributed by atoms with E-state index in [1.54, 1.807) is 17.9 Å². The number of hydrogen-bond acceptors (Lipinski definition) is 5. The third-order valence-corrected chi connectivity index (χ3v) is 4.85. The van der Waals surface area contributed by atoms with Gasteiger partial charge in [0.15, 0.2) is 5.75 Å². The number of piperazine rings is 1. The predicted octanol–water partition coefficient (Wildman–Crippen LogP) is 3.26. The van der Waals surface area contributed by atoms with Crippen molar-refractivity contribution in [2.24, 2.45) is 0 Å². The normalized spacial score (nSPS) is 14.7. The van der Waals surface area contributed by atoms with Crippen LogP contribution in [0.15, 0.2) is 42.5 Å². The molecule has 0 bridgehead atoms. The summed E-state index contributed by atoms with van der Waals surface area (Å²) in [5.74, 6) is 0.00776. The smallest absolute Gasteiger partial charge is 0.311 e. The molecule has 2 aromatic carbocycles. The molecule has 7 nitrogen and oxygen atoms in total. The fourth-order valence-corrected chi connectivity index (χ4v) is 3.43. The lowest BCUT2D eigenvalue weighted by Gasteiger charge is -2.34. The number of nitro benzene ring substituents is 1. The molecule has 3 rings (SSSR count). The second kappa shape index (κ2) is 8.84. The van der Waals surface area contributed by atoms with Crippen LogP contribution in [-0.2, 0) is 6.54 Å². The third-order valence-electron chi connectivity index (χ3n) is 4.85. The van der Waals surface area contributed by atoms with Gasteiger partial charge in [-0.25, -0.2) is 0 Å². The van der Waals surface area contributed by atoms with Crippen molar-refractivity contribution >= 4 is 11.6 Å². The van der Waals surface area contributed by atoms with E-state index in [9.17, 15) is 14.9 Å². The number of carbonyl (C=O) groups excluding carboxylic acids is 1. The molecule has 7 heteroatoms. The molecule has 0 unspecified atom stereocenters. The molecule has 28 heavy (non-hydrogen) atoms. The number of carbonyl (C=O) groups is 1. The fraction of sp³-hybridized carbons (Fsp3) is 0.381. The van der Waals surface area contributed by atoms with E-state index in [0.717, 1.165) is 19.6 Å². The Balaban J connectivity index is 1.63. The molecule has 0 saturated carbocycles. The zero-order chi connectivity index (χ0) is 20.1. The Hall–Kier alpha value is -2.93. The van der Waals surface area contributed by atoms with Crippen LogP contribution < -0.4 is 4.74 Å². The van der Waals surface area contributed by atoms with Crippen molar-refractivity contribution in [1.82, 2.24) is 9.80 Å². The maximum Gasteiger partial charge on any atom is 0.311 e. The van der Waals surface area contributed by atoms with Crippen molar-refractivity contribution in [3.05, 3.63) is 69.3 Å². The molecule has 0 aliphatic carbocycles. The fourth-order valence-electron chi connectivity index (χ4n) is 3.43. The first-order valence-electron chi connectivity index (χ1n) is 9.46. The lowest BCUT2D eigenvalue weighted by Crippen LogP contribution is -2.48. The first-order valence-corrected chi connectivity index (χ1v) is 9.46. The zero-order valence-electron chi connectivity index (χ0n) is 16.3. The number of rotatable bonds is 6. The Bertz CT molecular complexity index is 860. The molecular formula is C21H25N3O4. The molecule has 0 spiro atoms. The maximum absolute atomic E-state index is 12.8. The van der Waals surface area contributed by atoms with Gasteiger partial charge in [-0.15, -0.1) is 0 Å². The van der Waals surface area contributed by atoms with Gasteiger partial charge in [0.25, 0.3) is 5.91 Å². The van der Waals surface area contributed by atoms with E-state index in [2.05, 4.69) is 36.1 Å². The lowest BCUT2D eigenvalue weighted by atomic mass is 10.1. The molecule has 1 saturated heterocycles. The van der Waals surface area contributed by atoms with Gasteiger partial charge in [-0.2, -0.15) is 0 Å². The Morgan fingerprint density at radius 1 is 1.14 bits per heavy atom. The first-order chi connectivity index (χ1) is 13.5. The summed E-state index contributed by atoms with van der Waals surface area (Å²) in [6.07, 6.45) is 0. The summed E-state index contributed by atoms with van der Waals surface area (Å²) in [4.78, 5) is 27.6. The highest BCUT2D eigenvalue weighted by atomic mass is 16.6. The van der Waals surface area contributed by atoms with E-state index in [-0.39, 0.29) is 17.3 Å².